The van der Waals surface area contributed by atoms with Gasteiger partial charge in [-0.05, 0) is 19.4 Å². The number of nitrogens with one attached hydrogen (secondary N) is 2. The molecule has 0 bridgehead atoms. The van der Waals surface area contributed by atoms with Crippen LogP contribution in [0.2, 0.25) is 0 Å². The second-order valence-electron chi connectivity index (χ2n) is 4.62. The molecule has 1 aliphatic rings. The Morgan fingerprint density at radius 1 is 1.60 bits per heavy atom. The maximum Gasteiger partial charge on any atom is 0.222 e. The molecule has 4 nitrogen and oxygen atoms in total. The molecule has 4 heteroatoms. The Bertz CT molecular complexity index is 211. The molecule has 1 aliphatic heterocycles. The fraction of sp³-hybridized carbons (Fsp3) is 0.909. The van der Waals surface area contributed by atoms with Gasteiger partial charge in [-0.25, -0.2) is 0 Å². The van der Waals surface area contributed by atoms with Gasteiger partial charge in [0, 0.05) is 19.6 Å². The summed E-state index contributed by atoms with van der Waals surface area (Å²) in [5.74, 6) is 0.158. The van der Waals surface area contributed by atoms with Crippen molar-refractivity contribution in [1.29, 1.82) is 0 Å². The minimum absolute atomic E-state index is 0.0424. The molecule has 0 saturated carbocycles. The molecule has 1 fully saturated rings. The van der Waals surface area contributed by atoms with Gasteiger partial charge < -0.3 is 15.4 Å². The van der Waals surface area contributed by atoms with Crippen LogP contribution in [-0.4, -0.2) is 38.3 Å². The molecule has 1 heterocycles. The number of hydrogen-bond donors (Lipinski definition) is 2. The van der Waals surface area contributed by atoms with E-state index in [1.807, 2.05) is 13.8 Å². The van der Waals surface area contributed by atoms with Crippen LogP contribution < -0.4 is 10.6 Å². The van der Waals surface area contributed by atoms with E-state index in [-0.39, 0.29) is 17.4 Å². The Morgan fingerprint density at radius 2 is 2.33 bits per heavy atom. The van der Waals surface area contributed by atoms with Crippen molar-refractivity contribution in [2.45, 2.75) is 32.2 Å². The second kappa shape index (κ2) is 5.47. The van der Waals surface area contributed by atoms with E-state index in [2.05, 4.69) is 10.6 Å². The second-order valence-corrected chi connectivity index (χ2v) is 4.62. The van der Waals surface area contributed by atoms with Crippen LogP contribution in [0.1, 0.15) is 26.7 Å². The molecule has 1 unspecified atom stereocenters. The van der Waals surface area contributed by atoms with Gasteiger partial charge in [-0.2, -0.15) is 0 Å². The number of hydrogen-bond acceptors (Lipinski definition) is 3. The molecule has 1 atom stereocenters. The van der Waals surface area contributed by atoms with E-state index in [0.717, 1.165) is 19.4 Å². The molecule has 1 rings (SSSR count). The fourth-order valence-corrected chi connectivity index (χ4v) is 1.93. The predicted molar refractivity (Wildman–Crippen MR) is 59.7 cm³/mol. The average Bonchev–Trinajstić information content (AvgIpc) is 2.64. The highest BCUT2D eigenvalue weighted by molar-refractivity contribution is 5.77. The Labute approximate surface area is 91.8 Å². The highest BCUT2D eigenvalue weighted by Gasteiger charge is 2.33. The summed E-state index contributed by atoms with van der Waals surface area (Å²) in [5, 5.41) is 6.39. The van der Waals surface area contributed by atoms with Crippen molar-refractivity contribution in [1.82, 2.24) is 10.6 Å². The lowest BCUT2D eigenvalue weighted by Gasteiger charge is -2.29. The highest BCUT2D eigenvalue weighted by atomic mass is 16.5. The summed E-state index contributed by atoms with van der Waals surface area (Å²) >= 11 is 0. The van der Waals surface area contributed by atoms with Crippen molar-refractivity contribution >= 4 is 5.91 Å². The van der Waals surface area contributed by atoms with Gasteiger partial charge in [-0.1, -0.05) is 13.8 Å². The minimum Gasteiger partial charge on any atom is -0.383 e. The summed E-state index contributed by atoms with van der Waals surface area (Å²) in [4.78, 5) is 11.5. The third-order valence-electron chi connectivity index (χ3n) is 2.88. The van der Waals surface area contributed by atoms with Crippen molar-refractivity contribution in [3.8, 4) is 0 Å². The number of amides is 1. The molecule has 15 heavy (non-hydrogen) atoms. The van der Waals surface area contributed by atoms with Gasteiger partial charge in [0.25, 0.3) is 0 Å². The zero-order valence-corrected chi connectivity index (χ0v) is 9.93. The lowest BCUT2D eigenvalue weighted by molar-refractivity contribution is -0.124. The number of carbonyl (C=O) groups is 1. The number of carbonyl (C=O) groups excluding carboxylic acids is 1. The maximum atomic E-state index is 11.5. The Hall–Kier alpha value is -0.610. The van der Waals surface area contributed by atoms with E-state index in [1.54, 1.807) is 7.11 Å². The van der Waals surface area contributed by atoms with Crippen molar-refractivity contribution in [3.05, 3.63) is 0 Å². The zero-order chi connectivity index (χ0) is 11.3. The van der Waals surface area contributed by atoms with Crippen molar-refractivity contribution in [2.24, 2.45) is 5.92 Å². The van der Waals surface area contributed by atoms with Crippen LogP contribution in [0.25, 0.3) is 0 Å². The lowest BCUT2D eigenvalue weighted by Crippen LogP contribution is -2.53. The Morgan fingerprint density at radius 3 is 2.80 bits per heavy atom. The number of methoxy groups -OCH3 is 1. The van der Waals surface area contributed by atoms with Gasteiger partial charge >= 0.3 is 0 Å². The molecular formula is C11H22N2O2. The zero-order valence-electron chi connectivity index (χ0n) is 9.93. The standard InChI is InChI=1S/C11H22N2O2/c1-9(2)10(14)12-7-11(8-15-3)5-4-6-13-11/h9,13H,4-8H2,1-3H3,(H,12,14). The van der Waals surface area contributed by atoms with Crippen LogP contribution in [0.4, 0.5) is 0 Å². The topological polar surface area (TPSA) is 50.4 Å². The van der Waals surface area contributed by atoms with Crippen LogP contribution in [0.15, 0.2) is 0 Å². The summed E-state index contributed by atoms with van der Waals surface area (Å²) in [5.41, 5.74) is -0.0424. The first-order valence-electron chi connectivity index (χ1n) is 5.61. The molecule has 0 aromatic rings. The minimum atomic E-state index is -0.0424. The van der Waals surface area contributed by atoms with E-state index < -0.39 is 0 Å². The van der Waals surface area contributed by atoms with Crippen LogP contribution in [0.5, 0.6) is 0 Å². The van der Waals surface area contributed by atoms with Gasteiger partial charge in [0.1, 0.15) is 0 Å². The van der Waals surface area contributed by atoms with Crippen molar-refractivity contribution in [2.75, 3.05) is 26.8 Å². The van der Waals surface area contributed by atoms with Gasteiger partial charge in [-0.3, -0.25) is 4.79 Å². The molecule has 0 spiro atoms. The highest BCUT2D eigenvalue weighted by Crippen LogP contribution is 2.18. The summed E-state index contributed by atoms with van der Waals surface area (Å²) in [6.07, 6.45) is 2.22. The quantitative estimate of drug-likeness (QED) is 0.702. The SMILES string of the molecule is COCC1(CNC(=O)C(C)C)CCCN1. The maximum absolute atomic E-state index is 11.5. The van der Waals surface area contributed by atoms with Gasteiger partial charge in [0.2, 0.25) is 5.91 Å². The number of ether oxygens (including phenoxy) is 1. The molecule has 0 radical (unpaired) electrons. The van der Waals surface area contributed by atoms with Crippen molar-refractivity contribution < 1.29 is 9.53 Å². The summed E-state index contributed by atoms with van der Waals surface area (Å²) in [7, 11) is 1.70. The number of rotatable bonds is 5. The first-order valence-corrected chi connectivity index (χ1v) is 5.61. The monoisotopic (exact) mass is 214 g/mol. The molecule has 2 N–H and O–H groups in total. The summed E-state index contributed by atoms with van der Waals surface area (Å²) < 4.78 is 5.21. The van der Waals surface area contributed by atoms with Crippen LogP contribution in [0, 0.1) is 5.92 Å². The molecule has 0 aliphatic carbocycles. The average molecular weight is 214 g/mol. The molecule has 0 aromatic carbocycles. The van der Waals surface area contributed by atoms with Crippen LogP contribution in [0.3, 0.4) is 0 Å². The fourth-order valence-electron chi connectivity index (χ4n) is 1.93. The van der Waals surface area contributed by atoms with E-state index >= 15 is 0 Å². The van der Waals surface area contributed by atoms with E-state index in [9.17, 15) is 4.79 Å². The lowest BCUT2D eigenvalue weighted by atomic mass is 9.98. The van der Waals surface area contributed by atoms with E-state index in [1.165, 1.54) is 0 Å². The van der Waals surface area contributed by atoms with Crippen LogP contribution >= 0.6 is 0 Å². The van der Waals surface area contributed by atoms with Crippen molar-refractivity contribution in [3.63, 3.8) is 0 Å². The summed E-state index contributed by atoms with van der Waals surface area (Å²) in [6, 6.07) is 0. The molecular weight excluding hydrogens is 192 g/mol. The van der Waals surface area contributed by atoms with Gasteiger partial charge in [0.15, 0.2) is 0 Å². The van der Waals surface area contributed by atoms with E-state index in [0.29, 0.717) is 13.2 Å². The van der Waals surface area contributed by atoms with E-state index in [4.69, 9.17) is 4.74 Å². The summed E-state index contributed by atoms with van der Waals surface area (Å²) in [6.45, 7) is 6.14. The first kappa shape index (κ1) is 12.5. The Kier molecular flexibility index (Phi) is 4.54. The molecule has 0 aromatic heterocycles. The molecule has 1 amide bonds. The predicted octanol–water partition coefficient (Wildman–Crippen LogP) is 0.527. The van der Waals surface area contributed by atoms with Crippen LogP contribution in [-0.2, 0) is 9.53 Å². The first-order chi connectivity index (χ1) is 7.09. The van der Waals surface area contributed by atoms with Gasteiger partial charge in [-0.15, -0.1) is 0 Å². The normalized spacial score (nSPS) is 25.9. The third-order valence-corrected chi connectivity index (χ3v) is 2.88. The third kappa shape index (κ3) is 3.47. The molecule has 88 valence electrons. The largest absolute Gasteiger partial charge is 0.383 e. The van der Waals surface area contributed by atoms with Gasteiger partial charge in [0.05, 0.1) is 12.1 Å². The molecule has 1 saturated heterocycles. The Balaban J connectivity index is 2.42. The smallest absolute Gasteiger partial charge is 0.222 e.